The molecule has 0 saturated heterocycles. The molecule has 0 aliphatic rings. The highest BCUT2D eigenvalue weighted by Crippen LogP contribution is 2.51. The van der Waals surface area contributed by atoms with E-state index in [9.17, 15) is 0 Å². The summed E-state index contributed by atoms with van der Waals surface area (Å²) < 4.78 is 8.04. The van der Waals surface area contributed by atoms with Crippen LogP contribution in [0.4, 0.5) is 0 Å². The Morgan fingerprint density at radius 1 is 0.108 bits per heavy atom. The molecule has 23 rings (SSSR count). The number of hydrogen-bond acceptors (Lipinski definition) is 3. The molecule has 0 N–H and O–H groups in total. The van der Waals surface area contributed by atoms with Crippen LogP contribution in [-0.4, -0.2) is 0 Å². The molecule has 0 amide bonds. The van der Waals surface area contributed by atoms with Crippen LogP contribution in [0, 0.1) is 0 Å². The highest BCUT2D eigenvalue weighted by Gasteiger charge is 2.23. The molecule has 0 nitrogen and oxygen atoms in total. The van der Waals surface area contributed by atoms with E-state index in [1.165, 1.54) is 214 Å². The quantitative estimate of drug-likeness (QED) is 0.133. The molecule has 0 fully saturated rings. The molecular weight excluding hydrogens is 1390 g/mol. The molecule has 23 aromatic rings. The SMILES string of the molecule is c1ccc(-c2c3ccccc3c(-c3ccc4sc5ccccc5c4c3)c3ccccc23)cc1.c1ccc(-c2cccc(-c3c4ccccc4c(-c4ccc5sc6ccccc6c5c4)c4ccccc34)c2)cc1.c1ccc(-c2ccccc2-c2c3ccccc3c(-c3ccc4sc5ccccc5c4c3)c3ccccc23)cc1. The third kappa shape index (κ3) is 11.6. The van der Waals surface area contributed by atoms with Crippen molar-refractivity contribution >= 4 is 159 Å². The third-order valence-corrected chi connectivity index (χ3v) is 25.8. The minimum atomic E-state index is 1.24. The number of fused-ring (bicyclic) bond motifs is 15. The fourth-order valence-corrected chi connectivity index (χ4v) is 20.8. The van der Waals surface area contributed by atoms with Gasteiger partial charge in [0, 0.05) is 60.5 Å². The van der Waals surface area contributed by atoms with Crippen LogP contribution in [-0.2, 0) is 0 Å². The van der Waals surface area contributed by atoms with E-state index >= 15 is 0 Å². The van der Waals surface area contributed by atoms with Gasteiger partial charge in [-0.3, -0.25) is 0 Å². The summed E-state index contributed by atoms with van der Waals surface area (Å²) in [5.41, 5.74) is 20.4. The summed E-state index contributed by atoms with van der Waals surface area (Å²) in [7, 11) is 0. The summed E-state index contributed by atoms with van der Waals surface area (Å²) in [6.45, 7) is 0. The molecule has 0 saturated carbocycles. The van der Waals surface area contributed by atoms with E-state index in [0.717, 1.165) is 0 Å². The van der Waals surface area contributed by atoms with Gasteiger partial charge >= 0.3 is 0 Å². The summed E-state index contributed by atoms with van der Waals surface area (Å²) in [6, 6.07) is 151. The van der Waals surface area contributed by atoms with Gasteiger partial charge in [0.05, 0.1) is 0 Å². The van der Waals surface area contributed by atoms with E-state index in [0.29, 0.717) is 0 Å². The second-order valence-electron chi connectivity index (χ2n) is 28.7. The summed E-state index contributed by atoms with van der Waals surface area (Å²) in [6.07, 6.45) is 0. The molecular formula is C108H68S3. The van der Waals surface area contributed by atoms with E-state index in [1.807, 2.05) is 34.0 Å². The maximum atomic E-state index is 2.40. The van der Waals surface area contributed by atoms with Gasteiger partial charge in [0.25, 0.3) is 0 Å². The van der Waals surface area contributed by atoms with Crippen molar-refractivity contribution in [1.82, 2.24) is 0 Å². The molecule has 3 heterocycles. The first-order valence-corrected chi connectivity index (χ1v) is 40.5. The molecule has 0 aliphatic carbocycles. The molecule has 111 heavy (non-hydrogen) atoms. The molecule has 0 spiro atoms. The van der Waals surface area contributed by atoms with E-state index in [2.05, 4.69) is 413 Å². The zero-order chi connectivity index (χ0) is 73.3. The largest absolute Gasteiger partial charge is 0.135 e. The smallest absolute Gasteiger partial charge is 0.0355 e. The van der Waals surface area contributed by atoms with Crippen molar-refractivity contribution in [3.05, 3.63) is 413 Å². The summed E-state index contributed by atoms with van der Waals surface area (Å²) in [4.78, 5) is 0. The maximum absolute atomic E-state index is 2.40. The summed E-state index contributed by atoms with van der Waals surface area (Å²) >= 11 is 5.62. The normalized spacial score (nSPS) is 11.6. The van der Waals surface area contributed by atoms with Crippen LogP contribution >= 0.6 is 34.0 Å². The second kappa shape index (κ2) is 28.0. The van der Waals surface area contributed by atoms with Crippen molar-refractivity contribution in [2.45, 2.75) is 0 Å². The monoisotopic (exact) mass is 1460 g/mol. The molecule has 3 aromatic heterocycles. The van der Waals surface area contributed by atoms with Gasteiger partial charge in [0.1, 0.15) is 0 Å². The van der Waals surface area contributed by atoms with Crippen molar-refractivity contribution < 1.29 is 0 Å². The van der Waals surface area contributed by atoms with Crippen LogP contribution in [0.2, 0.25) is 0 Å². The highest BCUT2D eigenvalue weighted by atomic mass is 32.1. The minimum absolute atomic E-state index is 1.24. The summed E-state index contributed by atoms with van der Waals surface area (Å²) in [5.74, 6) is 0. The topological polar surface area (TPSA) is 0 Å². The minimum Gasteiger partial charge on any atom is -0.135 e. The lowest BCUT2D eigenvalue weighted by atomic mass is 9.83. The first-order chi connectivity index (χ1) is 55.1. The Morgan fingerprint density at radius 2 is 0.333 bits per heavy atom. The van der Waals surface area contributed by atoms with E-state index < -0.39 is 0 Å². The Labute approximate surface area is 655 Å². The van der Waals surface area contributed by atoms with Crippen LogP contribution in [0.1, 0.15) is 0 Å². The van der Waals surface area contributed by atoms with E-state index in [-0.39, 0.29) is 0 Å². The predicted octanol–water partition coefficient (Wildman–Crippen LogP) is 32.4. The highest BCUT2D eigenvalue weighted by molar-refractivity contribution is 7.26. The van der Waals surface area contributed by atoms with Crippen LogP contribution in [0.5, 0.6) is 0 Å². The second-order valence-corrected chi connectivity index (χ2v) is 31.9. The lowest BCUT2D eigenvalue weighted by molar-refractivity contribution is 1.61. The van der Waals surface area contributed by atoms with Crippen molar-refractivity contribution in [3.8, 4) is 89.0 Å². The molecule has 0 aliphatic heterocycles. The predicted molar refractivity (Wildman–Crippen MR) is 487 cm³/mol. The van der Waals surface area contributed by atoms with Crippen LogP contribution in [0.3, 0.4) is 0 Å². The third-order valence-electron chi connectivity index (χ3n) is 22.4. The summed E-state index contributed by atoms with van der Waals surface area (Å²) in [5, 5.41) is 23.5. The van der Waals surface area contributed by atoms with Gasteiger partial charge in [0.15, 0.2) is 0 Å². The van der Waals surface area contributed by atoms with Gasteiger partial charge in [-0.05, 0) is 214 Å². The zero-order valence-electron chi connectivity index (χ0n) is 60.5. The van der Waals surface area contributed by atoms with Gasteiger partial charge < -0.3 is 0 Å². The number of thiophene rings is 3. The van der Waals surface area contributed by atoms with Crippen LogP contribution in [0.25, 0.3) is 214 Å². The van der Waals surface area contributed by atoms with E-state index in [1.54, 1.807) is 0 Å². The Hall–Kier alpha value is -13.4. The van der Waals surface area contributed by atoms with Gasteiger partial charge in [0.2, 0.25) is 0 Å². The Bertz CT molecular complexity index is 7400. The molecule has 3 heteroatoms. The average Bonchev–Trinajstić information content (AvgIpc) is 1.30. The van der Waals surface area contributed by atoms with Gasteiger partial charge in [-0.25, -0.2) is 0 Å². The van der Waals surface area contributed by atoms with Crippen LogP contribution < -0.4 is 0 Å². The molecule has 0 atom stereocenters. The fraction of sp³-hybridized carbons (Fsp3) is 0. The number of rotatable bonds is 8. The first kappa shape index (κ1) is 65.9. The Balaban J connectivity index is 0.000000106. The van der Waals surface area contributed by atoms with Crippen LogP contribution in [0.15, 0.2) is 413 Å². The van der Waals surface area contributed by atoms with Gasteiger partial charge in [-0.15, -0.1) is 34.0 Å². The Morgan fingerprint density at radius 3 is 0.676 bits per heavy atom. The first-order valence-electron chi connectivity index (χ1n) is 38.0. The zero-order valence-corrected chi connectivity index (χ0v) is 62.9. The molecule has 0 radical (unpaired) electrons. The lowest BCUT2D eigenvalue weighted by Gasteiger charge is -2.19. The fourth-order valence-electron chi connectivity index (χ4n) is 17.5. The van der Waals surface area contributed by atoms with Gasteiger partial charge in [-0.2, -0.15) is 0 Å². The number of benzene rings is 20. The van der Waals surface area contributed by atoms with Crippen molar-refractivity contribution in [1.29, 1.82) is 0 Å². The molecule has 0 bridgehead atoms. The Kier molecular flexibility index (Phi) is 16.6. The molecule has 0 unspecified atom stereocenters. The average molecular weight is 1460 g/mol. The van der Waals surface area contributed by atoms with E-state index in [4.69, 9.17) is 0 Å². The molecule has 20 aromatic carbocycles. The standard InChI is InChI=1S/2C38H24S.C32H20S/c1-2-11-25(12-3-1)26-13-10-14-27(23-26)37-30-16-4-6-18-32(30)38(33-19-7-5-17-31(33)37)28-21-22-36-34(24-28)29-15-8-9-20-35(29)39-36;1-2-12-25(13-3-1)27-14-4-5-16-29(27)38-32-19-8-6-17-30(32)37(31-18-7-9-20-33(31)38)26-22-23-36-34(24-26)28-15-10-11-21-35(28)39-36;1-2-10-21(11-3-1)31-24-13-4-6-15-26(24)32(27-16-7-5-14-25(27)31)22-18-19-30-28(20-22)23-12-8-9-17-29(23)33-30/h2*1-24H;1-20H. The van der Waals surface area contributed by atoms with Gasteiger partial charge in [-0.1, -0.05) is 352 Å². The van der Waals surface area contributed by atoms with Crippen molar-refractivity contribution in [2.75, 3.05) is 0 Å². The lowest BCUT2D eigenvalue weighted by Crippen LogP contribution is -1.92. The molecule has 518 valence electrons. The maximum Gasteiger partial charge on any atom is 0.0355 e. The number of hydrogen-bond donors (Lipinski definition) is 0. The van der Waals surface area contributed by atoms with Crippen molar-refractivity contribution in [2.24, 2.45) is 0 Å². The van der Waals surface area contributed by atoms with Crippen molar-refractivity contribution in [3.63, 3.8) is 0 Å².